The predicted molar refractivity (Wildman–Crippen MR) is 168 cm³/mol. The van der Waals surface area contributed by atoms with Gasteiger partial charge in [0.1, 0.15) is 6.61 Å². The third kappa shape index (κ3) is 5.54. The number of nitrogens with one attached hydrogen (secondary N) is 1. The minimum atomic E-state index is 0.265. The molecule has 6 rings (SSSR count). The van der Waals surface area contributed by atoms with Gasteiger partial charge in [-0.1, -0.05) is 81.6 Å². The van der Waals surface area contributed by atoms with E-state index < -0.39 is 0 Å². The first kappa shape index (κ1) is 26.7. The first-order valence-corrected chi connectivity index (χ1v) is 14.6. The third-order valence-electron chi connectivity index (χ3n) is 7.68. The Labute approximate surface area is 248 Å². The Bertz CT molecular complexity index is 1580. The number of halogens is 2. The van der Waals surface area contributed by atoms with Crippen LogP contribution in [0.25, 0.3) is 0 Å². The van der Waals surface area contributed by atoms with Crippen LogP contribution in [0.15, 0.2) is 100 Å². The van der Waals surface area contributed by atoms with E-state index in [9.17, 15) is 0 Å². The minimum Gasteiger partial charge on any atom is -0.493 e. The van der Waals surface area contributed by atoms with Crippen molar-refractivity contribution in [1.29, 1.82) is 0 Å². The topological polar surface area (TPSA) is 42.8 Å². The van der Waals surface area contributed by atoms with Crippen LogP contribution in [-0.4, -0.2) is 13.3 Å². The van der Waals surface area contributed by atoms with Gasteiger partial charge in [-0.15, -0.1) is 0 Å². The number of aliphatic imine (C=N–C) groups is 1. The molecule has 40 heavy (non-hydrogen) atoms. The van der Waals surface area contributed by atoms with Crippen LogP contribution >= 0.6 is 27.5 Å². The van der Waals surface area contributed by atoms with Gasteiger partial charge in [-0.3, -0.25) is 4.99 Å². The normalized spacial score (nSPS) is 19.2. The second kappa shape index (κ2) is 11.5. The van der Waals surface area contributed by atoms with Gasteiger partial charge in [-0.05, 0) is 84.0 Å². The Morgan fingerprint density at radius 3 is 2.60 bits per heavy atom. The molecule has 0 saturated heterocycles. The summed E-state index contributed by atoms with van der Waals surface area (Å²) in [6, 6.07) is 27.2. The summed E-state index contributed by atoms with van der Waals surface area (Å²) in [5.74, 6) is 2.06. The van der Waals surface area contributed by atoms with Gasteiger partial charge in [0.2, 0.25) is 0 Å². The van der Waals surface area contributed by atoms with Crippen LogP contribution < -0.4 is 14.8 Å². The van der Waals surface area contributed by atoms with E-state index in [1.807, 2.05) is 36.4 Å². The van der Waals surface area contributed by atoms with Gasteiger partial charge in [0.05, 0.1) is 23.9 Å². The van der Waals surface area contributed by atoms with Crippen molar-refractivity contribution in [3.63, 3.8) is 0 Å². The lowest BCUT2D eigenvalue weighted by atomic mass is 9.76. The van der Waals surface area contributed by atoms with Crippen LogP contribution in [0.3, 0.4) is 0 Å². The van der Waals surface area contributed by atoms with Gasteiger partial charge in [0.15, 0.2) is 11.5 Å². The molecule has 1 N–H and O–H groups in total. The highest BCUT2D eigenvalue weighted by Crippen LogP contribution is 2.50. The molecule has 0 bridgehead atoms. The standard InChI is InChI=1S/C34H30BrClN2O2/c1-21-6-15-31-29(16-21)27-4-3-5-28(27)33(38-31)24-9-13-26(14-10-24)37-19-23-17-30(36)34(32(18-23)39-2)40-20-22-7-11-25(35)12-8-22/h3-4,6-19,27-28,33,38H,5,20H2,1-2H3/t27-,28-,33+/m1/s1. The van der Waals surface area contributed by atoms with E-state index in [-0.39, 0.29) is 6.04 Å². The molecule has 0 radical (unpaired) electrons. The van der Waals surface area contributed by atoms with Crippen LogP contribution in [0.1, 0.15) is 46.2 Å². The van der Waals surface area contributed by atoms with Gasteiger partial charge >= 0.3 is 0 Å². The van der Waals surface area contributed by atoms with Crippen LogP contribution in [0.5, 0.6) is 11.5 Å². The maximum absolute atomic E-state index is 6.60. The molecule has 2 aliphatic rings. The number of fused-ring (bicyclic) bond motifs is 3. The average Bonchev–Trinajstić information content (AvgIpc) is 3.47. The monoisotopic (exact) mass is 612 g/mol. The van der Waals surface area contributed by atoms with Crippen molar-refractivity contribution in [3.8, 4) is 11.5 Å². The zero-order valence-corrected chi connectivity index (χ0v) is 24.7. The highest BCUT2D eigenvalue weighted by atomic mass is 79.9. The summed E-state index contributed by atoms with van der Waals surface area (Å²) in [4.78, 5) is 4.71. The van der Waals surface area contributed by atoms with Crippen molar-refractivity contribution in [2.45, 2.75) is 31.9 Å². The first-order valence-electron chi connectivity index (χ1n) is 13.4. The maximum Gasteiger partial charge on any atom is 0.180 e. The largest absolute Gasteiger partial charge is 0.493 e. The quantitative estimate of drug-likeness (QED) is 0.167. The molecule has 1 aliphatic carbocycles. The predicted octanol–water partition coefficient (Wildman–Crippen LogP) is 9.58. The molecule has 1 heterocycles. The van der Waals surface area contributed by atoms with Gasteiger partial charge < -0.3 is 14.8 Å². The number of benzene rings is 4. The highest BCUT2D eigenvalue weighted by molar-refractivity contribution is 9.10. The Hall–Kier alpha value is -3.54. The fourth-order valence-electron chi connectivity index (χ4n) is 5.65. The van der Waals surface area contributed by atoms with Crippen molar-refractivity contribution in [1.82, 2.24) is 0 Å². The molecule has 4 aromatic carbocycles. The Balaban J connectivity index is 1.16. The summed E-state index contributed by atoms with van der Waals surface area (Å²) in [7, 11) is 1.61. The molecule has 6 heteroatoms. The van der Waals surface area contributed by atoms with Crippen molar-refractivity contribution in [3.05, 3.63) is 128 Å². The number of hydrogen-bond acceptors (Lipinski definition) is 4. The maximum atomic E-state index is 6.60. The van der Waals surface area contributed by atoms with Gasteiger partial charge in [-0.25, -0.2) is 0 Å². The van der Waals surface area contributed by atoms with E-state index in [0.717, 1.165) is 27.7 Å². The smallest absolute Gasteiger partial charge is 0.180 e. The molecule has 0 saturated carbocycles. The molecule has 4 nitrogen and oxygen atoms in total. The van der Waals surface area contributed by atoms with E-state index in [2.05, 4.69) is 82.8 Å². The Kier molecular flexibility index (Phi) is 7.68. The number of nitrogens with zero attached hydrogens (tertiary/aromatic N) is 1. The van der Waals surface area contributed by atoms with Crippen LogP contribution in [-0.2, 0) is 6.61 Å². The average molecular weight is 614 g/mol. The molecule has 0 fully saturated rings. The minimum absolute atomic E-state index is 0.265. The third-order valence-corrected chi connectivity index (χ3v) is 8.49. The molecular weight excluding hydrogens is 584 g/mol. The summed E-state index contributed by atoms with van der Waals surface area (Å²) in [5.41, 5.74) is 7.99. The molecule has 0 unspecified atom stereocenters. The number of hydrogen-bond donors (Lipinski definition) is 1. The number of ether oxygens (including phenoxy) is 2. The van der Waals surface area contributed by atoms with Crippen LogP contribution in [0.2, 0.25) is 5.02 Å². The molecule has 1 aliphatic heterocycles. The fourth-order valence-corrected chi connectivity index (χ4v) is 6.19. The van der Waals surface area contributed by atoms with Gasteiger partial charge in [-0.2, -0.15) is 0 Å². The Morgan fingerprint density at radius 2 is 1.82 bits per heavy atom. The number of aryl methyl sites for hydroxylation is 1. The first-order chi connectivity index (χ1) is 19.5. The van der Waals surface area contributed by atoms with E-state index in [1.54, 1.807) is 13.3 Å². The summed E-state index contributed by atoms with van der Waals surface area (Å²) < 4.78 is 12.6. The van der Waals surface area contributed by atoms with E-state index in [4.69, 9.17) is 26.1 Å². The Morgan fingerprint density at radius 1 is 1.02 bits per heavy atom. The summed E-state index contributed by atoms with van der Waals surface area (Å²) in [6.45, 7) is 2.55. The molecule has 202 valence electrons. The van der Waals surface area contributed by atoms with Crippen molar-refractivity contribution < 1.29 is 9.47 Å². The van der Waals surface area contributed by atoms with Crippen LogP contribution in [0, 0.1) is 12.8 Å². The highest BCUT2D eigenvalue weighted by Gasteiger charge is 2.37. The zero-order chi connectivity index (χ0) is 27.6. The second-order valence-electron chi connectivity index (χ2n) is 10.4. The van der Waals surface area contributed by atoms with Crippen molar-refractivity contribution in [2.75, 3.05) is 12.4 Å². The van der Waals surface area contributed by atoms with E-state index >= 15 is 0 Å². The van der Waals surface area contributed by atoms with Gasteiger partial charge in [0.25, 0.3) is 0 Å². The lowest BCUT2D eigenvalue weighted by Crippen LogP contribution is -2.29. The number of allylic oxidation sites excluding steroid dienone is 2. The molecule has 4 aromatic rings. The summed E-state index contributed by atoms with van der Waals surface area (Å²) in [6.07, 6.45) is 7.60. The molecule has 3 atom stereocenters. The zero-order valence-electron chi connectivity index (χ0n) is 22.4. The fraction of sp³-hybridized carbons (Fsp3) is 0.206. The lowest BCUT2D eigenvalue weighted by Gasteiger charge is -2.37. The second-order valence-corrected chi connectivity index (χ2v) is 11.7. The van der Waals surface area contributed by atoms with Gasteiger partial charge in [0, 0.05) is 22.3 Å². The number of anilines is 1. The number of rotatable bonds is 7. The SMILES string of the molecule is COc1cc(C=Nc2ccc([C@@H]3Nc4ccc(C)cc4[C@@H]4C=CC[C@H]43)cc2)cc(Cl)c1OCc1ccc(Br)cc1. The van der Waals surface area contributed by atoms with E-state index in [0.29, 0.717) is 35.0 Å². The number of methoxy groups -OCH3 is 1. The van der Waals surface area contributed by atoms with Crippen LogP contribution in [0.4, 0.5) is 11.4 Å². The summed E-state index contributed by atoms with van der Waals surface area (Å²) in [5, 5.41) is 4.29. The van der Waals surface area contributed by atoms with Crippen molar-refractivity contribution >= 4 is 45.1 Å². The molecule has 0 spiro atoms. The molecular formula is C34H30BrClN2O2. The molecule has 0 aromatic heterocycles. The lowest BCUT2D eigenvalue weighted by molar-refractivity contribution is 0.284. The summed E-state index contributed by atoms with van der Waals surface area (Å²) >= 11 is 10.1. The van der Waals surface area contributed by atoms with E-state index in [1.165, 1.54) is 22.4 Å². The van der Waals surface area contributed by atoms with Crippen molar-refractivity contribution in [2.24, 2.45) is 10.9 Å². The molecule has 0 amide bonds.